The highest BCUT2D eigenvalue weighted by molar-refractivity contribution is 7.15. The van der Waals surface area contributed by atoms with Gasteiger partial charge in [0.15, 0.2) is 0 Å². The molecule has 3 aromatic rings. The molecule has 0 spiro atoms. The van der Waals surface area contributed by atoms with Crippen LogP contribution in [0, 0.1) is 0 Å². The van der Waals surface area contributed by atoms with Crippen LogP contribution < -0.4 is 5.32 Å². The van der Waals surface area contributed by atoms with Crippen LogP contribution in [0.5, 0.6) is 0 Å². The molecule has 2 aromatic heterocycles. The van der Waals surface area contributed by atoms with Gasteiger partial charge in [-0.15, -0.1) is 11.3 Å². The summed E-state index contributed by atoms with van der Waals surface area (Å²) in [4.78, 5) is 20.8. The molecule has 1 N–H and O–H groups in total. The van der Waals surface area contributed by atoms with Crippen molar-refractivity contribution in [3.63, 3.8) is 0 Å². The number of imidazole rings is 1. The Balaban J connectivity index is 1.25. The number of nitrogens with one attached hydrogen (secondary N) is 1. The van der Waals surface area contributed by atoms with Gasteiger partial charge in [-0.05, 0) is 37.8 Å². The van der Waals surface area contributed by atoms with Gasteiger partial charge in [0.25, 0.3) is 0 Å². The van der Waals surface area contributed by atoms with Gasteiger partial charge in [-0.3, -0.25) is 9.20 Å². The number of carbonyl (C=O) groups is 1. The van der Waals surface area contributed by atoms with Crippen LogP contribution in [0.25, 0.3) is 4.83 Å². The quantitative estimate of drug-likeness (QED) is 0.601. The number of aromatic nitrogens is 2. The Labute approximate surface area is 186 Å². The molecule has 2 unspecified atom stereocenters. The summed E-state index contributed by atoms with van der Waals surface area (Å²) in [5.74, 6) is 1.11. The third-order valence-electron chi connectivity index (χ3n) is 6.03. The first-order chi connectivity index (χ1) is 15.3. The summed E-state index contributed by atoms with van der Waals surface area (Å²) in [6.45, 7) is 2.92. The monoisotopic (exact) mass is 440 g/mol. The Morgan fingerprint density at radius 1 is 1.26 bits per heavy atom. The molecule has 7 nitrogen and oxygen atoms in total. The fraction of sp³-hybridized carbons (Fsp3) is 0.478. The normalized spacial score (nSPS) is 21.6. The van der Waals surface area contributed by atoms with E-state index < -0.39 is 0 Å². The van der Waals surface area contributed by atoms with E-state index in [0.717, 1.165) is 61.0 Å². The topological polar surface area (TPSA) is 68.1 Å². The molecule has 164 valence electrons. The smallest absolute Gasteiger partial charge is 0.248 e. The Hall–Kier alpha value is -2.42. The summed E-state index contributed by atoms with van der Waals surface area (Å²) >= 11 is 1.70. The van der Waals surface area contributed by atoms with Gasteiger partial charge in [0.1, 0.15) is 11.4 Å². The molecule has 0 saturated carbocycles. The average molecular weight is 441 g/mol. The van der Waals surface area contributed by atoms with Crippen molar-refractivity contribution in [3.8, 4) is 0 Å². The van der Waals surface area contributed by atoms with Crippen molar-refractivity contribution < 1.29 is 14.3 Å². The summed E-state index contributed by atoms with van der Waals surface area (Å²) in [7, 11) is 0. The summed E-state index contributed by atoms with van der Waals surface area (Å²) in [5, 5.41) is 5.51. The SMILES string of the molecule is O=C(COCC1CCCO1)N1CCCC(c2nc(Nc3ccccc3)n3ccsc23)C1. The van der Waals surface area contributed by atoms with Crippen molar-refractivity contribution in [2.24, 2.45) is 0 Å². The molecule has 2 atom stereocenters. The number of rotatable bonds is 7. The molecule has 4 heterocycles. The Morgan fingerprint density at radius 3 is 3.00 bits per heavy atom. The number of para-hydroxylation sites is 1. The van der Waals surface area contributed by atoms with E-state index in [2.05, 4.69) is 15.1 Å². The number of hydrogen-bond donors (Lipinski definition) is 1. The maximum Gasteiger partial charge on any atom is 0.248 e. The standard InChI is InChI=1S/C23H28N4O3S/c28-20(16-29-15-19-9-5-12-30-19)26-10-4-6-17(14-26)21-22-27(11-13-31-22)23(25-21)24-18-7-2-1-3-8-18/h1-3,7-8,11,13,17,19H,4-6,9-10,12,14-16H2,(H,24,25). The lowest BCUT2D eigenvalue weighted by Gasteiger charge is -2.32. The second-order valence-electron chi connectivity index (χ2n) is 8.22. The summed E-state index contributed by atoms with van der Waals surface area (Å²) in [6, 6.07) is 10.1. The lowest BCUT2D eigenvalue weighted by molar-refractivity contribution is -0.138. The number of fused-ring (bicyclic) bond motifs is 1. The van der Waals surface area contributed by atoms with Gasteiger partial charge < -0.3 is 19.7 Å². The zero-order chi connectivity index (χ0) is 21.0. The summed E-state index contributed by atoms with van der Waals surface area (Å²) in [6.07, 6.45) is 6.32. The van der Waals surface area contributed by atoms with Crippen LogP contribution in [0.4, 0.5) is 11.6 Å². The van der Waals surface area contributed by atoms with Gasteiger partial charge in [-0.25, -0.2) is 4.98 Å². The number of piperidine rings is 1. The molecule has 2 fully saturated rings. The number of amides is 1. The molecular weight excluding hydrogens is 412 g/mol. The highest BCUT2D eigenvalue weighted by Gasteiger charge is 2.29. The Morgan fingerprint density at radius 2 is 2.16 bits per heavy atom. The number of carbonyl (C=O) groups excluding carboxylic acids is 1. The molecule has 31 heavy (non-hydrogen) atoms. The fourth-order valence-electron chi connectivity index (χ4n) is 4.42. The lowest BCUT2D eigenvalue weighted by atomic mass is 9.95. The number of benzene rings is 1. The largest absolute Gasteiger partial charge is 0.376 e. The first-order valence-corrected chi connectivity index (χ1v) is 11.9. The van der Waals surface area contributed by atoms with E-state index in [-0.39, 0.29) is 24.5 Å². The molecule has 5 rings (SSSR count). The van der Waals surface area contributed by atoms with Crippen molar-refractivity contribution in [1.82, 2.24) is 14.3 Å². The van der Waals surface area contributed by atoms with Crippen LogP contribution in [-0.2, 0) is 14.3 Å². The molecule has 0 aliphatic carbocycles. The molecule has 8 heteroatoms. The number of hydrogen-bond acceptors (Lipinski definition) is 6. The first-order valence-electron chi connectivity index (χ1n) is 11.0. The van der Waals surface area contributed by atoms with E-state index in [1.807, 2.05) is 41.4 Å². The van der Waals surface area contributed by atoms with Crippen molar-refractivity contribution in [2.45, 2.75) is 37.7 Å². The van der Waals surface area contributed by atoms with Crippen LogP contribution in [0.15, 0.2) is 41.9 Å². The number of nitrogens with zero attached hydrogens (tertiary/aromatic N) is 3. The minimum Gasteiger partial charge on any atom is -0.376 e. The molecule has 2 saturated heterocycles. The van der Waals surface area contributed by atoms with Gasteiger partial charge in [-0.2, -0.15) is 0 Å². The van der Waals surface area contributed by atoms with Crippen molar-refractivity contribution >= 4 is 33.7 Å². The van der Waals surface area contributed by atoms with Crippen LogP contribution in [0.3, 0.4) is 0 Å². The van der Waals surface area contributed by atoms with Gasteiger partial charge in [0, 0.05) is 42.9 Å². The summed E-state index contributed by atoms with van der Waals surface area (Å²) < 4.78 is 13.3. The van der Waals surface area contributed by atoms with Crippen molar-refractivity contribution in [1.29, 1.82) is 0 Å². The van der Waals surface area contributed by atoms with Gasteiger partial charge >= 0.3 is 0 Å². The van der Waals surface area contributed by atoms with E-state index >= 15 is 0 Å². The molecule has 1 amide bonds. The lowest BCUT2D eigenvalue weighted by Crippen LogP contribution is -2.41. The van der Waals surface area contributed by atoms with Gasteiger partial charge in [0.05, 0.1) is 18.4 Å². The number of likely N-dealkylation sites (tertiary alicyclic amines) is 1. The van der Waals surface area contributed by atoms with E-state index in [1.165, 1.54) is 0 Å². The number of anilines is 2. The Bertz CT molecular complexity index is 1010. The molecule has 2 aliphatic heterocycles. The van der Waals surface area contributed by atoms with Crippen molar-refractivity contribution in [3.05, 3.63) is 47.6 Å². The predicted octanol–water partition coefficient (Wildman–Crippen LogP) is 4.04. The Kier molecular flexibility index (Phi) is 6.20. The minimum absolute atomic E-state index is 0.0620. The van der Waals surface area contributed by atoms with Crippen molar-refractivity contribution in [2.75, 3.05) is 38.2 Å². The van der Waals surface area contributed by atoms with Gasteiger partial charge in [-0.1, -0.05) is 18.2 Å². The zero-order valence-corrected chi connectivity index (χ0v) is 18.4. The third-order valence-corrected chi connectivity index (χ3v) is 6.91. The van der Waals surface area contributed by atoms with Crippen LogP contribution >= 0.6 is 11.3 Å². The van der Waals surface area contributed by atoms with E-state index in [9.17, 15) is 4.79 Å². The van der Waals surface area contributed by atoms with Crippen LogP contribution in [0.2, 0.25) is 0 Å². The maximum absolute atomic E-state index is 12.7. The molecule has 2 aliphatic rings. The number of ether oxygens (including phenoxy) is 2. The average Bonchev–Trinajstić information content (AvgIpc) is 3.54. The highest BCUT2D eigenvalue weighted by Crippen LogP contribution is 2.34. The maximum atomic E-state index is 12.7. The summed E-state index contributed by atoms with van der Waals surface area (Å²) in [5.41, 5.74) is 2.09. The van der Waals surface area contributed by atoms with Crippen LogP contribution in [0.1, 0.15) is 37.3 Å². The molecule has 0 radical (unpaired) electrons. The van der Waals surface area contributed by atoms with Crippen LogP contribution in [-0.4, -0.2) is 59.2 Å². The van der Waals surface area contributed by atoms with E-state index in [1.54, 1.807) is 11.3 Å². The molecule has 1 aromatic carbocycles. The number of thiazole rings is 1. The molecule has 0 bridgehead atoms. The second-order valence-corrected chi connectivity index (χ2v) is 9.11. The highest BCUT2D eigenvalue weighted by atomic mass is 32.1. The predicted molar refractivity (Wildman–Crippen MR) is 121 cm³/mol. The van der Waals surface area contributed by atoms with E-state index in [4.69, 9.17) is 14.5 Å². The van der Waals surface area contributed by atoms with E-state index in [0.29, 0.717) is 13.2 Å². The van der Waals surface area contributed by atoms with Gasteiger partial charge in [0.2, 0.25) is 11.9 Å². The molecular formula is C23H28N4O3S. The minimum atomic E-state index is 0.0620. The second kappa shape index (κ2) is 9.38. The zero-order valence-electron chi connectivity index (χ0n) is 17.5. The fourth-order valence-corrected chi connectivity index (χ4v) is 5.33. The third kappa shape index (κ3) is 4.61. The first kappa shape index (κ1) is 20.5.